The van der Waals surface area contributed by atoms with Gasteiger partial charge in [0.25, 0.3) is 0 Å². The lowest BCUT2D eigenvalue weighted by molar-refractivity contribution is 0.768. The molecule has 1 spiro atoms. The maximum absolute atomic E-state index is 5.66. The third-order valence-electron chi connectivity index (χ3n) is 15.4. The zero-order valence-corrected chi connectivity index (χ0v) is 38.9. The van der Waals surface area contributed by atoms with Crippen LogP contribution in [0.15, 0.2) is 249 Å². The highest BCUT2D eigenvalue weighted by molar-refractivity contribution is 7.23. The van der Waals surface area contributed by atoms with Crippen molar-refractivity contribution >= 4 is 67.9 Å². The second-order valence-electron chi connectivity index (χ2n) is 18.6. The summed E-state index contributed by atoms with van der Waals surface area (Å²) in [5.74, 6) is 1.71. The Bertz CT molecular complexity index is 3920. The molecule has 0 fully saturated rings. The van der Waals surface area contributed by atoms with E-state index in [4.69, 9.17) is 15.0 Å². The smallest absolute Gasteiger partial charge is 0.240 e. The molecule has 70 heavy (non-hydrogen) atoms. The van der Waals surface area contributed by atoms with Gasteiger partial charge in [-0.05, 0) is 71.8 Å². The van der Waals surface area contributed by atoms with Crippen molar-refractivity contribution in [1.29, 1.82) is 0 Å². The van der Waals surface area contributed by atoms with Crippen LogP contribution in [-0.2, 0) is 5.41 Å². The van der Waals surface area contributed by atoms with Crippen molar-refractivity contribution in [2.45, 2.75) is 5.41 Å². The van der Waals surface area contributed by atoms with Gasteiger partial charge in [-0.2, -0.15) is 25.3 Å². The summed E-state index contributed by atoms with van der Waals surface area (Å²) in [4.78, 5) is 19.2. The molecule has 0 saturated heterocycles. The Balaban J connectivity index is 1.02. The molecule has 0 N–H and O–H groups in total. The summed E-state index contributed by atoms with van der Waals surface area (Å²) in [6.45, 7) is 0. The summed E-state index contributed by atoms with van der Waals surface area (Å²) < 4.78 is 2.22. The molecule has 327 valence electrons. The molecule has 6 heteroatoms. The fourth-order valence-corrected chi connectivity index (χ4v) is 18.2. The van der Waals surface area contributed by atoms with Crippen LogP contribution in [0.3, 0.4) is 0 Å². The summed E-state index contributed by atoms with van der Waals surface area (Å²) in [5.41, 5.74) is 14.6. The Morgan fingerprint density at radius 1 is 0.343 bits per heavy atom. The molecule has 5 nitrogen and oxygen atoms in total. The molecule has 0 atom stereocenters. The molecule has 0 amide bonds. The van der Waals surface area contributed by atoms with E-state index >= 15 is 0 Å². The van der Waals surface area contributed by atoms with Crippen molar-refractivity contribution < 1.29 is 0 Å². The number of para-hydroxylation sites is 4. The molecule has 0 unspecified atom stereocenters. The minimum Gasteiger partial charge on any atom is -0.285 e. The maximum Gasteiger partial charge on any atom is 0.240 e. The van der Waals surface area contributed by atoms with Crippen molar-refractivity contribution in [1.82, 2.24) is 19.5 Å². The van der Waals surface area contributed by atoms with Crippen LogP contribution in [0, 0.1) is 0 Å². The van der Waals surface area contributed by atoms with Gasteiger partial charge in [0.2, 0.25) is 11.9 Å². The first-order valence-electron chi connectivity index (χ1n) is 24.0. The molecule has 0 radical (unpaired) electrons. The number of anilines is 3. The van der Waals surface area contributed by atoms with E-state index in [9.17, 15) is 0 Å². The normalized spacial score (nSPS) is 14.2. The number of fused-ring (bicyclic) bond motifs is 15. The number of benzene rings is 10. The summed E-state index contributed by atoms with van der Waals surface area (Å²) in [6.07, 6.45) is 0. The van der Waals surface area contributed by atoms with Gasteiger partial charge in [0, 0.05) is 27.7 Å². The number of aromatic nitrogens is 4. The Morgan fingerprint density at radius 2 is 0.800 bits per heavy atom. The molecular formula is C64H41N5Si-. The van der Waals surface area contributed by atoms with Gasteiger partial charge >= 0.3 is 0 Å². The Labute approximate surface area is 406 Å². The summed E-state index contributed by atoms with van der Waals surface area (Å²) in [7, 11) is -2.83. The van der Waals surface area contributed by atoms with Crippen LogP contribution in [0.5, 0.6) is 0 Å². The van der Waals surface area contributed by atoms with Gasteiger partial charge in [-0.25, -0.2) is 0 Å². The van der Waals surface area contributed by atoms with Gasteiger partial charge in [0.1, 0.15) is 0 Å². The standard InChI is InChI=1S/C64H41N5Si/c1-2-22-43(23-3-1)64(51-31-10-4-25-45(51)46-26-5-11-32-52(46)64)44-24-20-21-42(41-44)61-65-62(68-53-33-12-6-27-47(53)48-28-7-13-34-54(48)68)67-63(66-61)69-55-35-14-18-39-59(55)70(60-40-19-15-36-56(60)69)57-37-16-8-29-49(57)50-30-9-17-38-58(50)70/h1-41H/q-1. The zero-order valence-electron chi connectivity index (χ0n) is 37.9. The number of nitrogens with zero attached hydrogens (tertiary/aromatic N) is 5. The van der Waals surface area contributed by atoms with Crippen LogP contribution in [0.1, 0.15) is 22.3 Å². The largest absolute Gasteiger partial charge is 0.285 e. The Kier molecular flexibility index (Phi) is 8.24. The monoisotopic (exact) mass is 907 g/mol. The van der Waals surface area contributed by atoms with E-state index in [-0.39, 0.29) is 0 Å². The Hall–Kier alpha value is -8.97. The topological polar surface area (TPSA) is 46.8 Å². The summed E-state index contributed by atoms with van der Waals surface area (Å²) in [5, 5.41) is 7.75. The van der Waals surface area contributed by atoms with Crippen LogP contribution >= 0.6 is 0 Å². The third-order valence-corrected chi connectivity index (χ3v) is 20.3. The van der Waals surface area contributed by atoms with Crippen molar-refractivity contribution in [2.75, 3.05) is 4.90 Å². The summed E-state index contributed by atoms with van der Waals surface area (Å²) >= 11 is 0. The van der Waals surface area contributed by atoms with Crippen molar-refractivity contribution in [3.05, 3.63) is 271 Å². The first-order valence-corrected chi connectivity index (χ1v) is 26.0. The first-order chi connectivity index (χ1) is 34.7. The minimum absolute atomic E-state index is 0.557. The molecule has 15 rings (SSSR count). The lowest BCUT2D eigenvalue weighted by Crippen LogP contribution is -2.75. The first kappa shape index (κ1) is 39.1. The van der Waals surface area contributed by atoms with Crippen molar-refractivity contribution in [3.63, 3.8) is 0 Å². The highest BCUT2D eigenvalue weighted by Gasteiger charge is 2.47. The lowest BCUT2D eigenvalue weighted by Gasteiger charge is -2.52. The number of hydrogen-bond acceptors (Lipinski definition) is 4. The molecular weight excluding hydrogens is 867 g/mol. The predicted octanol–water partition coefficient (Wildman–Crippen LogP) is 12.1. The highest BCUT2D eigenvalue weighted by Crippen LogP contribution is 2.56. The van der Waals surface area contributed by atoms with Crippen LogP contribution in [0.2, 0.25) is 0 Å². The van der Waals surface area contributed by atoms with Crippen LogP contribution in [0.4, 0.5) is 17.3 Å². The van der Waals surface area contributed by atoms with Gasteiger partial charge in [0.05, 0.1) is 16.4 Å². The van der Waals surface area contributed by atoms with Gasteiger partial charge in [0.15, 0.2) is 5.82 Å². The molecule has 0 bridgehead atoms. The van der Waals surface area contributed by atoms with Crippen LogP contribution in [-0.4, -0.2) is 27.6 Å². The number of hydrogen-bond donors (Lipinski definition) is 0. The average Bonchev–Trinajstić information content (AvgIpc) is 4.05. The van der Waals surface area contributed by atoms with E-state index in [1.807, 2.05) is 0 Å². The fraction of sp³-hybridized carbons (Fsp3) is 0.0156. The van der Waals surface area contributed by atoms with E-state index in [0.29, 0.717) is 17.7 Å². The van der Waals surface area contributed by atoms with Gasteiger partial charge < -0.3 is 0 Å². The molecule has 2 aliphatic heterocycles. The SMILES string of the molecule is c1ccc(C2(c3cccc(-c4nc(N5c6ccccc6[Si-]6(c7ccccc7-c7ccccc76)c6ccccc65)nc(-n5c6ccccc6c6ccccc65)n4)c3)c3ccccc3-c3ccccc32)cc1. The van der Waals surface area contributed by atoms with E-state index in [1.165, 1.54) is 59.7 Å². The second-order valence-corrected chi connectivity index (χ2v) is 22.3. The van der Waals surface area contributed by atoms with Crippen molar-refractivity contribution in [2.24, 2.45) is 0 Å². The lowest BCUT2D eigenvalue weighted by atomic mass is 9.67. The van der Waals surface area contributed by atoms with Gasteiger partial charge in [-0.1, -0.05) is 230 Å². The highest BCUT2D eigenvalue weighted by atomic mass is 28.3. The van der Waals surface area contributed by atoms with E-state index < -0.39 is 13.5 Å². The zero-order chi connectivity index (χ0) is 46.0. The molecule has 2 aromatic heterocycles. The molecule has 10 aromatic carbocycles. The fourth-order valence-electron chi connectivity index (χ4n) is 12.7. The quantitative estimate of drug-likeness (QED) is 0.161. The maximum atomic E-state index is 5.66. The second kappa shape index (κ2) is 14.8. The Morgan fingerprint density at radius 3 is 1.40 bits per heavy atom. The third kappa shape index (κ3) is 5.12. The molecule has 1 aliphatic carbocycles. The molecule has 4 heterocycles. The average molecular weight is 908 g/mol. The van der Waals surface area contributed by atoms with E-state index in [1.54, 1.807) is 0 Å². The summed E-state index contributed by atoms with van der Waals surface area (Å²) in [6, 6.07) is 91.0. The molecule has 12 aromatic rings. The van der Waals surface area contributed by atoms with E-state index in [0.717, 1.165) is 44.3 Å². The molecule has 0 saturated carbocycles. The minimum atomic E-state index is -2.83. The van der Waals surface area contributed by atoms with Gasteiger partial charge in [-0.3, -0.25) is 9.47 Å². The number of rotatable bonds is 5. The predicted molar refractivity (Wildman–Crippen MR) is 288 cm³/mol. The van der Waals surface area contributed by atoms with Crippen molar-refractivity contribution in [3.8, 4) is 39.6 Å². The van der Waals surface area contributed by atoms with E-state index in [2.05, 4.69) is 258 Å². The van der Waals surface area contributed by atoms with Gasteiger partial charge in [-0.15, -0.1) is 10.4 Å². The molecule has 3 aliphatic rings. The van der Waals surface area contributed by atoms with Crippen LogP contribution < -0.4 is 25.6 Å². The van der Waals surface area contributed by atoms with Crippen LogP contribution in [0.25, 0.3) is 61.4 Å².